The molecule has 0 radical (unpaired) electrons. The van der Waals surface area contributed by atoms with Gasteiger partial charge in [-0.3, -0.25) is 9.59 Å². The van der Waals surface area contributed by atoms with Crippen molar-refractivity contribution in [1.29, 1.82) is 0 Å². The zero-order valence-corrected chi connectivity index (χ0v) is 13.5. The minimum Gasteiger partial charge on any atom is -0.354 e. The van der Waals surface area contributed by atoms with Gasteiger partial charge in [0.1, 0.15) is 0 Å². The number of nitrogens with one attached hydrogen (secondary N) is 2. The van der Waals surface area contributed by atoms with E-state index in [4.69, 9.17) is 5.73 Å². The van der Waals surface area contributed by atoms with Gasteiger partial charge in [0, 0.05) is 24.2 Å². The average molecular weight is 314 g/mol. The molecule has 6 heteroatoms. The second-order valence-electron chi connectivity index (χ2n) is 5.22. The Morgan fingerprint density at radius 2 is 1.71 bits per heavy atom. The van der Waals surface area contributed by atoms with Gasteiger partial charge in [0.15, 0.2) is 0 Å². The van der Waals surface area contributed by atoms with Crippen molar-refractivity contribution >= 4 is 29.9 Å². The lowest BCUT2D eigenvalue weighted by Crippen LogP contribution is -2.31. The van der Waals surface area contributed by atoms with Crippen molar-refractivity contribution in [3.8, 4) is 0 Å². The lowest BCUT2D eigenvalue weighted by molar-refractivity contribution is -0.121. The molecule has 1 aromatic rings. The van der Waals surface area contributed by atoms with E-state index < -0.39 is 0 Å². The maximum atomic E-state index is 11.7. The summed E-state index contributed by atoms with van der Waals surface area (Å²) < 4.78 is 0. The first-order valence-electron chi connectivity index (χ1n) is 6.81. The molecule has 1 aromatic carbocycles. The molecule has 1 unspecified atom stereocenters. The Labute approximate surface area is 132 Å². The van der Waals surface area contributed by atoms with E-state index in [1.165, 1.54) is 0 Å². The first-order valence-corrected chi connectivity index (χ1v) is 6.81. The quantitative estimate of drug-likeness (QED) is 0.747. The highest BCUT2D eigenvalue weighted by Gasteiger charge is 2.11. The first-order chi connectivity index (χ1) is 9.42. The molecule has 0 aliphatic rings. The Kier molecular flexibility index (Phi) is 8.66. The standard InChI is InChI=1S/C15H23N3O2.ClH/c1-10(2)17-14(19)8-12-4-6-13(7-5-12)18-15(20)11(3)9-16;/h4-7,10-11H,8-9,16H2,1-3H3,(H,17,19)(H,18,20);1H. The van der Waals surface area contributed by atoms with Gasteiger partial charge in [0.2, 0.25) is 11.8 Å². The predicted molar refractivity (Wildman–Crippen MR) is 87.5 cm³/mol. The van der Waals surface area contributed by atoms with Gasteiger partial charge in [0.25, 0.3) is 0 Å². The van der Waals surface area contributed by atoms with Crippen LogP contribution in [0.15, 0.2) is 24.3 Å². The molecule has 0 spiro atoms. The molecular formula is C15H24ClN3O2. The molecule has 1 rings (SSSR count). The fourth-order valence-electron chi connectivity index (χ4n) is 1.64. The minimum atomic E-state index is -0.216. The smallest absolute Gasteiger partial charge is 0.228 e. The number of halogens is 1. The van der Waals surface area contributed by atoms with Crippen LogP contribution in [0.2, 0.25) is 0 Å². The molecule has 1 atom stereocenters. The van der Waals surface area contributed by atoms with Crippen molar-refractivity contribution in [2.45, 2.75) is 33.2 Å². The number of rotatable bonds is 6. The highest BCUT2D eigenvalue weighted by Crippen LogP contribution is 2.11. The Hall–Kier alpha value is -1.59. The summed E-state index contributed by atoms with van der Waals surface area (Å²) in [4.78, 5) is 23.3. The van der Waals surface area contributed by atoms with Crippen molar-refractivity contribution in [3.63, 3.8) is 0 Å². The van der Waals surface area contributed by atoms with Gasteiger partial charge in [-0.2, -0.15) is 0 Å². The zero-order chi connectivity index (χ0) is 15.1. The van der Waals surface area contributed by atoms with Gasteiger partial charge >= 0.3 is 0 Å². The third kappa shape index (κ3) is 7.11. The maximum Gasteiger partial charge on any atom is 0.228 e. The molecular weight excluding hydrogens is 290 g/mol. The lowest BCUT2D eigenvalue weighted by atomic mass is 10.1. The average Bonchev–Trinajstić information content (AvgIpc) is 2.39. The third-order valence-electron chi connectivity index (χ3n) is 2.84. The summed E-state index contributed by atoms with van der Waals surface area (Å²) in [7, 11) is 0. The molecule has 0 aliphatic heterocycles. The van der Waals surface area contributed by atoms with Crippen LogP contribution in [0.25, 0.3) is 0 Å². The van der Waals surface area contributed by atoms with E-state index in [1.807, 2.05) is 26.0 Å². The number of carbonyl (C=O) groups is 2. The van der Waals surface area contributed by atoms with E-state index >= 15 is 0 Å². The van der Waals surface area contributed by atoms with Gasteiger partial charge in [-0.25, -0.2) is 0 Å². The maximum absolute atomic E-state index is 11.7. The topological polar surface area (TPSA) is 84.2 Å². The molecule has 0 saturated heterocycles. The van der Waals surface area contributed by atoms with Gasteiger partial charge in [-0.05, 0) is 31.5 Å². The van der Waals surface area contributed by atoms with Crippen LogP contribution < -0.4 is 16.4 Å². The van der Waals surface area contributed by atoms with E-state index in [0.717, 1.165) is 5.56 Å². The van der Waals surface area contributed by atoms with Crippen LogP contribution in [0.3, 0.4) is 0 Å². The van der Waals surface area contributed by atoms with Crippen LogP contribution in [-0.4, -0.2) is 24.4 Å². The van der Waals surface area contributed by atoms with Crippen LogP contribution in [-0.2, 0) is 16.0 Å². The van der Waals surface area contributed by atoms with Crippen molar-refractivity contribution in [2.75, 3.05) is 11.9 Å². The van der Waals surface area contributed by atoms with Crippen molar-refractivity contribution < 1.29 is 9.59 Å². The first kappa shape index (κ1) is 19.4. The minimum absolute atomic E-state index is 0. The lowest BCUT2D eigenvalue weighted by Gasteiger charge is -2.11. The van der Waals surface area contributed by atoms with Gasteiger partial charge < -0.3 is 16.4 Å². The molecule has 2 amide bonds. The monoisotopic (exact) mass is 313 g/mol. The zero-order valence-electron chi connectivity index (χ0n) is 12.7. The van der Waals surface area contributed by atoms with Gasteiger partial charge in [-0.15, -0.1) is 12.4 Å². The van der Waals surface area contributed by atoms with Gasteiger partial charge in [0.05, 0.1) is 6.42 Å². The van der Waals surface area contributed by atoms with Crippen LogP contribution in [0, 0.1) is 5.92 Å². The molecule has 5 nitrogen and oxygen atoms in total. The summed E-state index contributed by atoms with van der Waals surface area (Å²) in [5.41, 5.74) is 7.06. The summed E-state index contributed by atoms with van der Waals surface area (Å²) in [6.07, 6.45) is 0.339. The number of benzene rings is 1. The highest BCUT2D eigenvalue weighted by atomic mass is 35.5. The molecule has 0 fully saturated rings. The largest absolute Gasteiger partial charge is 0.354 e. The second kappa shape index (κ2) is 9.37. The highest BCUT2D eigenvalue weighted by molar-refractivity contribution is 5.92. The Bertz CT molecular complexity index is 460. The molecule has 4 N–H and O–H groups in total. The van der Waals surface area contributed by atoms with E-state index in [2.05, 4.69) is 10.6 Å². The normalized spacial score (nSPS) is 11.5. The van der Waals surface area contributed by atoms with E-state index in [0.29, 0.717) is 18.7 Å². The van der Waals surface area contributed by atoms with Crippen molar-refractivity contribution in [3.05, 3.63) is 29.8 Å². The van der Waals surface area contributed by atoms with Gasteiger partial charge in [-0.1, -0.05) is 19.1 Å². The number of anilines is 1. The molecule has 0 aliphatic carbocycles. The summed E-state index contributed by atoms with van der Waals surface area (Å²) >= 11 is 0. The Balaban J connectivity index is 0.00000400. The fraction of sp³-hybridized carbons (Fsp3) is 0.467. The predicted octanol–water partition coefficient (Wildman–Crippen LogP) is 1.71. The summed E-state index contributed by atoms with van der Waals surface area (Å²) in [6.45, 7) is 5.95. The number of hydrogen-bond acceptors (Lipinski definition) is 3. The molecule has 0 bridgehead atoms. The SMILES string of the molecule is CC(C)NC(=O)Cc1ccc(NC(=O)C(C)CN)cc1.Cl. The van der Waals surface area contributed by atoms with Crippen LogP contribution in [0.1, 0.15) is 26.3 Å². The van der Waals surface area contributed by atoms with E-state index in [1.54, 1.807) is 19.1 Å². The molecule has 0 aromatic heterocycles. The van der Waals surface area contributed by atoms with E-state index in [-0.39, 0.29) is 36.2 Å². The number of nitrogens with two attached hydrogens (primary N) is 1. The Morgan fingerprint density at radius 1 is 1.14 bits per heavy atom. The number of carbonyl (C=O) groups excluding carboxylic acids is 2. The molecule has 21 heavy (non-hydrogen) atoms. The number of amides is 2. The summed E-state index contributed by atoms with van der Waals surface area (Å²) in [5.74, 6) is -0.321. The molecule has 0 saturated carbocycles. The third-order valence-corrected chi connectivity index (χ3v) is 2.84. The van der Waals surface area contributed by atoms with Crippen molar-refractivity contribution in [1.82, 2.24) is 5.32 Å². The summed E-state index contributed by atoms with van der Waals surface area (Å²) in [5, 5.41) is 5.62. The Morgan fingerprint density at radius 3 is 2.19 bits per heavy atom. The number of hydrogen-bond donors (Lipinski definition) is 3. The second-order valence-corrected chi connectivity index (χ2v) is 5.22. The molecule has 0 heterocycles. The fourth-order valence-corrected chi connectivity index (χ4v) is 1.64. The molecule has 118 valence electrons. The van der Waals surface area contributed by atoms with Crippen LogP contribution in [0.5, 0.6) is 0 Å². The van der Waals surface area contributed by atoms with E-state index in [9.17, 15) is 9.59 Å². The summed E-state index contributed by atoms with van der Waals surface area (Å²) in [6, 6.07) is 7.39. The van der Waals surface area contributed by atoms with Crippen molar-refractivity contribution in [2.24, 2.45) is 11.7 Å². The van der Waals surface area contributed by atoms with Crippen LogP contribution >= 0.6 is 12.4 Å². The van der Waals surface area contributed by atoms with Crippen LogP contribution in [0.4, 0.5) is 5.69 Å².